The minimum absolute atomic E-state index is 0.0801. The molecule has 0 radical (unpaired) electrons. The quantitative estimate of drug-likeness (QED) is 0.207. The number of halogens is 6. The molecule has 3 heterocycles. The predicted octanol–water partition coefficient (Wildman–Crippen LogP) is 5.58. The topological polar surface area (TPSA) is 123 Å². The Hall–Kier alpha value is -4.92. The van der Waals surface area contributed by atoms with Crippen molar-refractivity contribution < 1.29 is 50.5 Å². The molecule has 2 aromatic carbocycles. The monoisotopic (exact) mass is 688 g/mol. The molecule has 2 atom stereocenters. The molecule has 1 fully saturated rings. The minimum atomic E-state index is -5.43. The van der Waals surface area contributed by atoms with Gasteiger partial charge in [0.1, 0.15) is 40.5 Å². The lowest BCUT2D eigenvalue weighted by atomic mass is 9.73. The van der Waals surface area contributed by atoms with E-state index in [1.807, 2.05) is 0 Å². The second-order valence-electron chi connectivity index (χ2n) is 12.9. The van der Waals surface area contributed by atoms with Gasteiger partial charge in [0.05, 0.1) is 19.3 Å². The second-order valence-corrected chi connectivity index (χ2v) is 12.9. The summed E-state index contributed by atoms with van der Waals surface area (Å²) in [5.74, 6) is -5.33. The number of aromatic nitrogens is 2. The molecule has 0 unspecified atom stereocenters. The number of pyridine rings is 2. The molecule has 1 saturated carbocycles. The van der Waals surface area contributed by atoms with Gasteiger partial charge in [-0.25, -0.2) is 18.2 Å². The van der Waals surface area contributed by atoms with Crippen molar-refractivity contribution in [1.29, 1.82) is 0 Å². The molecule has 9 nitrogen and oxygen atoms in total. The van der Waals surface area contributed by atoms with E-state index in [1.165, 1.54) is 51.4 Å². The van der Waals surface area contributed by atoms with Crippen molar-refractivity contribution in [2.45, 2.75) is 55.3 Å². The van der Waals surface area contributed by atoms with Crippen molar-refractivity contribution in [3.63, 3.8) is 0 Å². The maximum atomic E-state index is 14.9. The third-order valence-electron chi connectivity index (χ3n) is 8.95. The Morgan fingerprint density at radius 2 is 1.76 bits per heavy atom. The van der Waals surface area contributed by atoms with Crippen molar-refractivity contribution >= 4 is 22.7 Å². The van der Waals surface area contributed by atoms with Crippen LogP contribution in [0.3, 0.4) is 0 Å². The number of methoxy groups -OCH3 is 1. The molecule has 0 spiro atoms. The van der Waals surface area contributed by atoms with Crippen molar-refractivity contribution in [2.75, 3.05) is 20.3 Å². The van der Waals surface area contributed by atoms with Gasteiger partial charge >= 0.3 is 6.18 Å². The van der Waals surface area contributed by atoms with Crippen LogP contribution in [0.1, 0.15) is 48.3 Å². The lowest BCUT2D eigenvalue weighted by Gasteiger charge is -2.46. The number of alkyl halides is 5. The standard InChI is InChI=1S/C34H30F6N4O5/c1-30(14-32(36,37)15-30)44-29(46)31(2)17-49-27-22(31)13-24(43-26(27)18-6-8-21(35)9-7-18)33(47,34(38,39)40)16-42-28(45)20-11-19-5-4-10-41-25(19)23(12-20)48-3/h4-13,47H,14-17H2,1-3H3,(H,42,45)(H,44,46)/t31-,33-/m0/s1. The molecular weight excluding hydrogens is 658 g/mol. The average molecular weight is 689 g/mol. The van der Waals surface area contributed by atoms with Crippen LogP contribution in [-0.2, 0) is 15.8 Å². The fourth-order valence-electron chi connectivity index (χ4n) is 6.27. The Morgan fingerprint density at radius 3 is 2.39 bits per heavy atom. The van der Waals surface area contributed by atoms with Crippen LogP contribution in [-0.4, -0.2) is 64.8 Å². The number of hydrogen-bond acceptors (Lipinski definition) is 7. The highest BCUT2D eigenvalue weighted by Crippen LogP contribution is 2.50. The summed E-state index contributed by atoms with van der Waals surface area (Å²) >= 11 is 0. The van der Waals surface area contributed by atoms with E-state index in [9.17, 15) is 41.0 Å². The average Bonchev–Trinajstić information content (AvgIpc) is 3.38. The number of amides is 2. The van der Waals surface area contributed by atoms with E-state index in [1.54, 1.807) is 12.1 Å². The van der Waals surface area contributed by atoms with Crippen LogP contribution in [0, 0.1) is 5.82 Å². The van der Waals surface area contributed by atoms with Crippen LogP contribution >= 0.6 is 0 Å². The third-order valence-corrected chi connectivity index (χ3v) is 8.95. The van der Waals surface area contributed by atoms with Gasteiger partial charge in [0.15, 0.2) is 0 Å². The molecule has 2 aromatic heterocycles. The predicted molar refractivity (Wildman–Crippen MR) is 164 cm³/mol. The summed E-state index contributed by atoms with van der Waals surface area (Å²) in [6.45, 7) is 0.980. The summed E-state index contributed by atoms with van der Waals surface area (Å²) in [6, 6.07) is 11.3. The maximum absolute atomic E-state index is 14.9. The lowest BCUT2D eigenvalue weighted by Crippen LogP contribution is -2.63. The normalized spacial score (nSPS) is 20.4. The first kappa shape index (κ1) is 34.0. The molecule has 1 aliphatic heterocycles. The molecule has 4 aromatic rings. The second kappa shape index (κ2) is 11.6. The Balaban J connectivity index is 1.41. The highest BCUT2D eigenvalue weighted by atomic mass is 19.4. The zero-order valence-corrected chi connectivity index (χ0v) is 26.3. The number of carbonyl (C=O) groups excluding carboxylic acids is 2. The first-order chi connectivity index (χ1) is 22.9. The molecule has 2 amide bonds. The van der Waals surface area contributed by atoms with Crippen molar-refractivity contribution in [1.82, 2.24) is 20.6 Å². The van der Waals surface area contributed by atoms with Crippen LogP contribution in [0.25, 0.3) is 22.2 Å². The molecule has 6 rings (SSSR count). The van der Waals surface area contributed by atoms with Crippen molar-refractivity contribution in [3.8, 4) is 22.8 Å². The van der Waals surface area contributed by atoms with E-state index in [0.29, 0.717) is 10.9 Å². The first-order valence-corrected chi connectivity index (χ1v) is 15.0. The summed E-state index contributed by atoms with van der Waals surface area (Å²) in [4.78, 5) is 35.2. The largest absolute Gasteiger partial charge is 0.494 e. The number of carbonyl (C=O) groups is 2. The van der Waals surface area contributed by atoms with Gasteiger partial charge in [0, 0.05) is 46.7 Å². The van der Waals surface area contributed by atoms with Gasteiger partial charge in [-0.2, -0.15) is 13.2 Å². The van der Waals surface area contributed by atoms with Crippen LogP contribution in [0.2, 0.25) is 0 Å². The Morgan fingerprint density at radius 1 is 1.06 bits per heavy atom. The highest BCUT2D eigenvalue weighted by molar-refractivity contribution is 6.00. The Labute approximate surface area is 275 Å². The number of benzene rings is 2. The zero-order valence-electron chi connectivity index (χ0n) is 26.3. The smallest absolute Gasteiger partial charge is 0.424 e. The first-order valence-electron chi connectivity index (χ1n) is 15.0. The maximum Gasteiger partial charge on any atom is 0.424 e. The molecule has 15 heteroatoms. The van der Waals surface area contributed by atoms with Crippen molar-refractivity contribution in [3.05, 3.63) is 83.4 Å². The van der Waals surface area contributed by atoms with Crippen LogP contribution in [0.15, 0.2) is 60.8 Å². The van der Waals surface area contributed by atoms with Crippen LogP contribution in [0.4, 0.5) is 26.3 Å². The van der Waals surface area contributed by atoms with E-state index < -0.39 is 78.0 Å². The number of fused-ring (bicyclic) bond motifs is 2. The molecule has 2 aliphatic rings. The SMILES string of the molecule is COc1cc(C(=O)NC[C@](O)(c2cc3c(c(-c4ccc(F)cc4)n2)OC[C@]3(C)C(=O)NC2(C)CC(F)(F)C2)C(F)(F)F)cc2cccnc12. The number of ether oxygens (including phenoxy) is 2. The molecule has 49 heavy (non-hydrogen) atoms. The van der Waals surface area contributed by atoms with E-state index in [2.05, 4.69) is 20.6 Å². The van der Waals surface area contributed by atoms with E-state index >= 15 is 0 Å². The molecule has 258 valence electrons. The molecule has 0 saturated heterocycles. The van der Waals surface area contributed by atoms with Gasteiger partial charge in [-0.15, -0.1) is 0 Å². The fraction of sp³-hybridized carbons (Fsp3) is 0.353. The fourth-order valence-corrected chi connectivity index (χ4v) is 6.27. The summed E-state index contributed by atoms with van der Waals surface area (Å²) in [6.07, 6.45) is -5.20. The number of hydrogen-bond donors (Lipinski definition) is 3. The van der Waals surface area contributed by atoms with Crippen LogP contribution < -0.4 is 20.1 Å². The molecule has 0 bridgehead atoms. The Kier molecular flexibility index (Phi) is 8.04. The van der Waals surface area contributed by atoms with Crippen molar-refractivity contribution in [2.24, 2.45) is 0 Å². The summed E-state index contributed by atoms with van der Waals surface area (Å²) in [5.41, 5.74) is -7.75. The summed E-state index contributed by atoms with van der Waals surface area (Å²) < 4.78 is 97.1. The minimum Gasteiger partial charge on any atom is -0.494 e. The van der Waals surface area contributed by atoms with E-state index in [-0.39, 0.29) is 33.9 Å². The van der Waals surface area contributed by atoms with Crippen LogP contribution in [0.5, 0.6) is 11.5 Å². The molecule has 3 N–H and O–H groups in total. The van der Waals surface area contributed by atoms with E-state index in [0.717, 1.165) is 18.2 Å². The number of nitrogens with one attached hydrogen (secondary N) is 2. The highest BCUT2D eigenvalue weighted by Gasteiger charge is 2.59. The lowest BCUT2D eigenvalue weighted by molar-refractivity contribution is -0.265. The van der Waals surface area contributed by atoms with Gasteiger partial charge in [-0.1, -0.05) is 6.07 Å². The van der Waals surface area contributed by atoms with Gasteiger partial charge in [0.25, 0.3) is 11.8 Å². The molecule has 1 aliphatic carbocycles. The number of rotatable bonds is 8. The van der Waals surface area contributed by atoms with Gasteiger partial charge in [0.2, 0.25) is 11.5 Å². The number of nitrogens with zero attached hydrogens (tertiary/aromatic N) is 2. The third kappa shape index (κ3) is 6.00. The van der Waals surface area contributed by atoms with E-state index in [4.69, 9.17) is 9.47 Å². The van der Waals surface area contributed by atoms with Gasteiger partial charge in [-0.3, -0.25) is 14.6 Å². The summed E-state index contributed by atoms with van der Waals surface area (Å²) in [7, 11) is 1.34. The van der Waals surface area contributed by atoms with Gasteiger partial charge < -0.3 is 25.2 Å². The van der Waals surface area contributed by atoms with Gasteiger partial charge in [-0.05, 0) is 62.4 Å². The number of aliphatic hydroxyl groups is 1. The zero-order chi connectivity index (χ0) is 35.6. The molecular formula is C34H30F6N4O5. The Bertz CT molecular complexity index is 1960. The summed E-state index contributed by atoms with van der Waals surface area (Å²) in [5, 5.41) is 16.6.